The molecule has 0 aliphatic carbocycles. The van der Waals surface area contributed by atoms with Crippen molar-refractivity contribution in [3.63, 3.8) is 0 Å². The van der Waals surface area contributed by atoms with Crippen molar-refractivity contribution in [2.75, 3.05) is 11.5 Å². The van der Waals surface area contributed by atoms with E-state index < -0.39 is 0 Å². The van der Waals surface area contributed by atoms with E-state index in [4.69, 9.17) is 5.73 Å². The lowest BCUT2D eigenvalue weighted by atomic mass is 10.0. The number of rotatable bonds is 7. The number of nitrogens with two attached hydrogens (primary N) is 1. The van der Waals surface area contributed by atoms with Gasteiger partial charge in [-0.25, -0.2) is 0 Å². The molecule has 0 spiro atoms. The van der Waals surface area contributed by atoms with Gasteiger partial charge in [0.05, 0.1) is 11.5 Å². The van der Waals surface area contributed by atoms with Crippen molar-refractivity contribution < 1.29 is 9.59 Å². The molecule has 116 valence electrons. The van der Waals surface area contributed by atoms with Crippen LogP contribution in [0.25, 0.3) is 0 Å². The zero-order valence-electron chi connectivity index (χ0n) is 12.2. The summed E-state index contributed by atoms with van der Waals surface area (Å²) in [6, 6.07) is 5.86. The molecule has 0 radical (unpaired) electrons. The summed E-state index contributed by atoms with van der Waals surface area (Å²) in [5, 5.41) is 7.97. The van der Waals surface area contributed by atoms with E-state index in [9.17, 15) is 9.59 Å². The minimum absolute atomic E-state index is 0.0766. The third kappa shape index (κ3) is 4.82. The van der Waals surface area contributed by atoms with Gasteiger partial charge in [0.25, 0.3) is 0 Å². The fourth-order valence-electron chi connectivity index (χ4n) is 1.69. The first kappa shape index (κ1) is 17.0. The quantitative estimate of drug-likeness (QED) is 0.608. The molecule has 2 aromatic rings. The van der Waals surface area contributed by atoms with Gasteiger partial charge < -0.3 is 5.73 Å². The van der Waals surface area contributed by atoms with Gasteiger partial charge in [0.1, 0.15) is 0 Å². The van der Waals surface area contributed by atoms with Crippen LogP contribution < -0.4 is 5.73 Å². The lowest BCUT2D eigenvalue weighted by Gasteiger charge is -2.05. The van der Waals surface area contributed by atoms with Crippen LogP contribution in [0.4, 0.5) is 0 Å². The second-order valence-electron chi connectivity index (χ2n) is 4.62. The first-order valence-electron chi connectivity index (χ1n) is 6.43. The van der Waals surface area contributed by atoms with E-state index in [-0.39, 0.29) is 17.4 Å². The molecule has 1 aromatic heterocycles. The Labute approximate surface area is 141 Å². The second-order valence-corrected chi connectivity index (χ2v) is 8.04. The minimum Gasteiger partial charge on any atom is -0.369 e. The second kappa shape index (κ2) is 7.75. The van der Waals surface area contributed by atoms with Gasteiger partial charge in [-0.3, -0.25) is 9.59 Å². The number of ketones is 1. The van der Waals surface area contributed by atoms with Crippen LogP contribution in [0.3, 0.4) is 0 Å². The number of aromatic nitrogens is 2. The summed E-state index contributed by atoms with van der Waals surface area (Å²) in [5.41, 5.74) is 7.88. The molecule has 1 aromatic carbocycles. The summed E-state index contributed by atoms with van der Waals surface area (Å²) in [7, 11) is 0. The molecule has 2 rings (SSSR count). The number of nitrogens with zero attached hydrogens (tertiary/aromatic N) is 2. The fourth-order valence-corrected chi connectivity index (χ4v) is 4.33. The molecule has 0 atom stereocenters. The first-order chi connectivity index (χ1) is 10.5. The maximum atomic E-state index is 12.3. The Balaban J connectivity index is 1.94. The Hall–Kier alpha value is -1.38. The highest BCUT2D eigenvalue weighted by molar-refractivity contribution is 8.03. The summed E-state index contributed by atoms with van der Waals surface area (Å²) in [4.78, 5) is 23.0. The Bertz CT molecular complexity index is 700. The van der Waals surface area contributed by atoms with Crippen LogP contribution in [0.1, 0.15) is 21.5 Å². The van der Waals surface area contributed by atoms with E-state index in [1.165, 1.54) is 34.9 Å². The first-order valence-corrected chi connectivity index (χ1v) is 9.22. The fraction of sp³-hybridized carbons (Fsp3) is 0.286. The van der Waals surface area contributed by atoms with Crippen LogP contribution in [0.15, 0.2) is 26.9 Å². The van der Waals surface area contributed by atoms with Crippen LogP contribution in [-0.4, -0.2) is 33.4 Å². The molecular formula is C14H15N3O2S3. The van der Waals surface area contributed by atoms with Crippen molar-refractivity contribution in [2.24, 2.45) is 5.73 Å². The number of hydrogen-bond donors (Lipinski definition) is 1. The number of benzene rings is 1. The molecule has 5 nitrogen and oxygen atoms in total. The van der Waals surface area contributed by atoms with Crippen molar-refractivity contribution in [1.82, 2.24) is 10.2 Å². The minimum atomic E-state index is -0.389. The Morgan fingerprint density at radius 2 is 1.77 bits per heavy atom. The molecule has 0 aliphatic rings. The number of amides is 1. The van der Waals surface area contributed by atoms with Crippen molar-refractivity contribution in [3.05, 3.63) is 34.9 Å². The van der Waals surface area contributed by atoms with Crippen molar-refractivity contribution >= 4 is 46.6 Å². The highest BCUT2D eigenvalue weighted by atomic mass is 32.2. The normalized spacial score (nSPS) is 10.6. The molecule has 1 amide bonds. The van der Waals surface area contributed by atoms with Gasteiger partial charge in [-0.15, -0.1) is 10.2 Å². The zero-order valence-corrected chi connectivity index (χ0v) is 14.6. The van der Waals surface area contributed by atoms with Crippen molar-refractivity contribution in [3.8, 4) is 0 Å². The van der Waals surface area contributed by atoms with Gasteiger partial charge in [-0.05, 0) is 25.5 Å². The number of carbonyl (C=O) groups is 2. The summed E-state index contributed by atoms with van der Waals surface area (Å²) >= 11 is 3.98. The molecule has 0 saturated carbocycles. The third-order valence-corrected chi connectivity index (χ3v) is 5.96. The lowest BCUT2D eigenvalue weighted by Crippen LogP contribution is -2.12. The highest BCUT2D eigenvalue weighted by Crippen LogP contribution is 2.29. The number of thioether (sulfide) groups is 2. The van der Waals surface area contributed by atoms with Crippen molar-refractivity contribution in [1.29, 1.82) is 0 Å². The number of hydrogen-bond acceptors (Lipinski definition) is 7. The maximum absolute atomic E-state index is 12.3. The summed E-state index contributed by atoms with van der Waals surface area (Å²) < 4.78 is 1.39. The van der Waals surface area contributed by atoms with Crippen LogP contribution in [0.5, 0.6) is 0 Å². The zero-order chi connectivity index (χ0) is 16.1. The van der Waals surface area contributed by atoms with Gasteiger partial charge in [0.15, 0.2) is 14.5 Å². The summed E-state index contributed by atoms with van der Waals surface area (Å²) in [6.45, 7) is 3.90. The smallest absolute Gasteiger partial charge is 0.227 e. The predicted molar refractivity (Wildman–Crippen MR) is 90.8 cm³/mol. The number of carbonyl (C=O) groups excluding carboxylic acids is 2. The molecule has 0 aliphatic heterocycles. The Morgan fingerprint density at radius 3 is 2.41 bits per heavy atom. The Morgan fingerprint density at radius 1 is 1.14 bits per heavy atom. The lowest BCUT2D eigenvalue weighted by molar-refractivity contribution is -0.115. The molecule has 1 heterocycles. The van der Waals surface area contributed by atoms with Crippen LogP contribution in [-0.2, 0) is 4.79 Å². The molecule has 22 heavy (non-hydrogen) atoms. The average Bonchev–Trinajstić information content (AvgIpc) is 2.93. The topological polar surface area (TPSA) is 85.9 Å². The molecular weight excluding hydrogens is 338 g/mol. The van der Waals surface area contributed by atoms with Gasteiger partial charge in [-0.1, -0.05) is 52.6 Å². The van der Waals surface area contributed by atoms with Crippen LogP contribution in [0, 0.1) is 13.8 Å². The standard InChI is InChI=1S/C14H15N3O2S3/c1-8-3-4-9(2)10(5-8)11(18)6-20-13-16-17-14(22-13)21-7-12(15)19/h3-5H,6-7H2,1-2H3,(H2,15,19). The maximum Gasteiger partial charge on any atom is 0.227 e. The molecule has 0 bridgehead atoms. The van der Waals surface area contributed by atoms with E-state index in [0.29, 0.717) is 14.4 Å². The van der Waals surface area contributed by atoms with Gasteiger partial charge >= 0.3 is 0 Å². The van der Waals surface area contributed by atoms with Gasteiger partial charge in [-0.2, -0.15) is 0 Å². The SMILES string of the molecule is Cc1ccc(C)c(C(=O)CSc2nnc(SCC(N)=O)s2)c1. The van der Waals surface area contributed by atoms with E-state index in [1.54, 1.807) is 0 Å². The number of aryl methyl sites for hydroxylation is 2. The van der Waals surface area contributed by atoms with Crippen LogP contribution in [0.2, 0.25) is 0 Å². The summed E-state index contributed by atoms with van der Waals surface area (Å²) in [6.07, 6.45) is 0. The van der Waals surface area contributed by atoms with Gasteiger partial charge in [0, 0.05) is 5.56 Å². The number of Topliss-reactive ketones (excluding diaryl/α,β-unsaturated/α-hetero) is 1. The molecule has 0 saturated heterocycles. The molecule has 2 N–H and O–H groups in total. The molecule has 0 unspecified atom stereocenters. The summed E-state index contributed by atoms with van der Waals surface area (Å²) in [5.74, 6) is 0.187. The van der Waals surface area contributed by atoms with E-state index >= 15 is 0 Å². The highest BCUT2D eigenvalue weighted by Gasteiger charge is 2.12. The van der Waals surface area contributed by atoms with Crippen LogP contribution >= 0.6 is 34.9 Å². The van der Waals surface area contributed by atoms with Crippen molar-refractivity contribution in [2.45, 2.75) is 22.5 Å². The van der Waals surface area contributed by atoms with Gasteiger partial charge in [0.2, 0.25) is 5.91 Å². The monoisotopic (exact) mass is 353 g/mol. The average molecular weight is 353 g/mol. The van der Waals surface area contributed by atoms with E-state index in [2.05, 4.69) is 10.2 Å². The van der Waals surface area contributed by atoms with E-state index in [0.717, 1.165) is 16.7 Å². The molecule has 8 heteroatoms. The predicted octanol–water partition coefficient (Wildman–Crippen LogP) is 2.71. The van der Waals surface area contributed by atoms with E-state index in [1.807, 2.05) is 32.0 Å². The largest absolute Gasteiger partial charge is 0.369 e. The third-order valence-electron chi connectivity index (χ3n) is 2.75. The number of primary amides is 1. The molecule has 0 fully saturated rings. The Kier molecular flexibility index (Phi) is 5.98.